The Morgan fingerprint density at radius 1 is 1.15 bits per heavy atom. The maximum Gasteiger partial charge on any atom is 0.132 e. The van der Waals surface area contributed by atoms with Crippen LogP contribution in [0, 0.1) is 5.92 Å². The molecule has 134 valence electrons. The largest absolute Gasteiger partial charge is 0.489 e. The first kappa shape index (κ1) is 16.7. The summed E-state index contributed by atoms with van der Waals surface area (Å²) in [6, 6.07) is 12.2. The van der Waals surface area contributed by atoms with Crippen molar-refractivity contribution < 1.29 is 4.74 Å². The zero-order chi connectivity index (χ0) is 17.6. The quantitative estimate of drug-likeness (QED) is 0.710. The van der Waals surface area contributed by atoms with Gasteiger partial charge < -0.3 is 14.6 Å². The van der Waals surface area contributed by atoms with Crippen LogP contribution in [0.3, 0.4) is 0 Å². The number of ether oxygens (including phenoxy) is 1. The molecule has 0 saturated heterocycles. The SMILES string of the molecule is c1ccc(OCc2ccncc2)c(CNCC2CCc3nncn3C2)c1. The van der Waals surface area contributed by atoms with Gasteiger partial charge in [-0.15, -0.1) is 10.2 Å². The number of para-hydroxylation sites is 1. The average molecular weight is 349 g/mol. The highest BCUT2D eigenvalue weighted by molar-refractivity contribution is 5.33. The molecule has 1 aliphatic heterocycles. The maximum absolute atomic E-state index is 6.01. The Morgan fingerprint density at radius 2 is 2.04 bits per heavy atom. The molecular formula is C20H23N5O. The Kier molecular flexibility index (Phi) is 5.21. The highest BCUT2D eigenvalue weighted by Gasteiger charge is 2.19. The van der Waals surface area contributed by atoms with Gasteiger partial charge in [-0.25, -0.2) is 0 Å². The highest BCUT2D eigenvalue weighted by atomic mass is 16.5. The van der Waals surface area contributed by atoms with Crippen LogP contribution in [-0.2, 0) is 26.1 Å². The number of aromatic nitrogens is 4. The molecule has 3 aromatic rings. The van der Waals surface area contributed by atoms with E-state index in [-0.39, 0.29) is 0 Å². The van der Waals surface area contributed by atoms with Crippen molar-refractivity contribution >= 4 is 0 Å². The predicted octanol–water partition coefficient (Wildman–Crippen LogP) is 2.60. The van der Waals surface area contributed by atoms with E-state index < -0.39 is 0 Å². The zero-order valence-electron chi connectivity index (χ0n) is 14.7. The Morgan fingerprint density at radius 3 is 2.96 bits per heavy atom. The number of nitrogens with one attached hydrogen (secondary N) is 1. The molecule has 3 heterocycles. The second-order valence-corrected chi connectivity index (χ2v) is 6.69. The summed E-state index contributed by atoms with van der Waals surface area (Å²) in [5, 5.41) is 11.7. The third-order valence-corrected chi connectivity index (χ3v) is 4.79. The molecule has 6 heteroatoms. The van der Waals surface area contributed by atoms with Crippen LogP contribution in [0.2, 0.25) is 0 Å². The fourth-order valence-electron chi connectivity index (χ4n) is 3.34. The first-order chi connectivity index (χ1) is 12.9. The lowest BCUT2D eigenvalue weighted by molar-refractivity contribution is 0.300. The van der Waals surface area contributed by atoms with Crippen molar-refractivity contribution in [2.24, 2.45) is 5.92 Å². The number of nitrogens with zero attached hydrogens (tertiary/aromatic N) is 4. The van der Waals surface area contributed by atoms with Crippen LogP contribution in [0.4, 0.5) is 0 Å². The van der Waals surface area contributed by atoms with Gasteiger partial charge in [0.2, 0.25) is 0 Å². The number of hydrogen-bond acceptors (Lipinski definition) is 5. The van der Waals surface area contributed by atoms with E-state index in [1.54, 1.807) is 12.4 Å². The van der Waals surface area contributed by atoms with Crippen LogP contribution >= 0.6 is 0 Å². The first-order valence-corrected chi connectivity index (χ1v) is 9.05. The van der Waals surface area contributed by atoms with Crippen molar-refractivity contribution in [1.82, 2.24) is 25.1 Å². The Hall–Kier alpha value is -2.73. The number of pyridine rings is 1. The van der Waals surface area contributed by atoms with Crippen LogP contribution in [-0.4, -0.2) is 26.3 Å². The molecule has 0 amide bonds. The van der Waals surface area contributed by atoms with E-state index in [2.05, 4.69) is 37.2 Å². The molecule has 4 rings (SSSR count). The molecule has 6 nitrogen and oxygen atoms in total. The summed E-state index contributed by atoms with van der Waals surface area (Å²) in [6.45, 7) is 3.34. The number of fused-ring (bicyclic) bond motifs is 1. The van der Waals surface area contributed by atoms with Crippen molar-refractivity contribution in [1.29, 1.82) is 0 Å². The normalized spacial score (nSPS) is 16.2. The van der Waals surface area contributed by atoms with E-state index in [0.29, 0.717) is 12.5 Å². The minimum absolute atomic E-state index is 0.554. The number of benzene rings is 1. The van der Waals surface area contributed by atoms with Gasteiger partial charge in [0.05, 0.1) is 0 Å². The minimum Gasteiger partial charge on any atom is -0.489 e. The lowest BCUT2D eigenvalue weighted by Crippen LogP contribution is -2.29. The monoisotopic (exact) mass is 349 g/mol. The third kappa shape index (κ3) is 4.08. The number of rotatable bonds is 7. The fraction of sp³-hybridized carbons (Fsp3) is 0.350. The van der Waals surface area contributed by atoms with E-state index in [1.165, 1.54) is 5.56 Å². The molecule has 1 aromatic carbocycles. The van der Waals surface area contributed by atoms with Crippen LogP contribution in [0.15, 0.2) is 55.1 Å². The van der Waals surface area contributed by atoms with Crippen molar-refractivity contribution in [2.45, 2.75) is 32.5 Å². The van der Waals surface area contributed by atoms with E-state index in [1.807, 2.05) is 30.6 Å². The van der Waals surface area contributed by atoms with Crippen LogP contribution in [0.1, 0.15) is 23.4 Å². The summed E-state index contributed by atoms with van der Waals surface area (Å²) < 4.78 is 8.18. The summed E-state index contributed by atoms with van der Waals surface area (Å²) in [7, 11) is 0. The van der Waals surface area contributed by atoms with Crippen molar-refractivity contribution in [3.05, 3.63) is 72.1 Å². The summed E-state index contributed by atoms with van der Waals surface area (Å²) in [5.41, 5.74) is 2.30. The molecule has 0 fully saturated rings. The average Bonchev–Trinajstić information content (AvgIpc) is 3.16. The summed E-state index contributed by atoms with van der Waals surface area (Å²) in [5.74, 6) is 2.65. The fourth-order valence-corrected chi connectivity index (χ4v) is 3.34. The van der Waals surface area contributed by atoms with Crippen molar-refractivity contribution in [3.63, 3.8) is 0 Å². The smallest absolute Gasteiger partial charge is 0.132 e. The van der Waals surface area contributed by atoms with Gasteiger partial charge in [0.15, 0.2) is 0 Å². The van der Waals surface area contributed by atoms with Gasteiger partial charge in [-0.2, -0.15) is 0 Å². The van der Waals surface area contributed by atoms with Crippen molar-refractivity contribution in [3.8, 4) is 5.75 Å². The van der Waals surface area contributed by atoms with Gasteiger partial charge in [-0.3, -0.25) is 4.98 Å². The summed E-state index contributed by atoms with van der Waals surface area (Å²) in [6.07, 6.45) is 7.59. The molecular weight excluding hydrogens is 326 g/mol. The highest BCUT2D eigenvalue weighted by Crippen LogP contribution is 2.20. The second-order valence-electron chi connectivity index (χ2n) is 6.69. The van der Waals surface area contributed by atoms with Gasteiger partial charge in [0.1, 0.15) is 24.5 Å². The zero-order valence-corrected chi connectivity index (χ0v) is 14.7. The Labute approximate surface area is 153 Å². The molecule has 0 bridgehead atoms. The molecule has 2 aromatic heterocycles. The molecule has 1 atom stereocenters. The summed E-state index contributed by atoms with van der Waals surface area (Å²) >= 11 is 0. The molecule has 0 spiro atoms. The molecule has 0 radical (unpaired) electrons. The van der Waals surface area contributed by atoms with Gasteiger partial charge >= 0.3 is 0 Å². The molecule has 0 aliphatic carbocycles. The Bertz CT molecular complexity index is 833. The molecule has 26 heavy (non-hydrogen) atoms. The van der Waals surface area contributed by atoms with Gasteiger partial charge in [-0.05, 0) is 42.6 Å². The maximum atomic E-state index is 6.01. The first-order valence-electron chi connectivity index (χ1n) is 9.05. The van der Waals surface area contributed by atoms with Crippen LogP contribution in [0.5, 0.6) is 5.75 Å². The minimum atomic E-state index is 0.554. The Balaban J connectivity index is 1.30. The predicted molar refractivity (Wildman–Crippen MR) is 98.6 cm³/mol. The van der Waals surface area contributed by atoms with Crippen LogP contribution < -0.4 is 10.1 Å². The number of aryl methyl sites for hydroxylation is 1. The molecule has 1 aliphatic rings. The van der Waals surface area contributed by atoms with Crippen LogP contribution in [0.25, 0.3) is 0 Å². The van der Waals surface area contributed by atoms with Gasteiger partial charge in [-0.1, -0.05) is 18.2 Å². The van der Waals surface area contributed by atoms with Crippen molar-refractivity contribution in [2.75, 3.05) is 6.54 Å². The molecule has 0 saturated carbocycles. The van der Waals surface area contributed by atoms with E-state index in [0.717, 1.165) is 49.6 Å². The standard InChI is InChI=1S/C20H23N5O/c1-2-4-19(26-14-16-7-9-21-10-8-16)18(3-1)12-22-11-17-5-6-20-24-23-15-25(20)13-17/h1-4,7-10,15,17,22H,5-6,11-14H2. The topological polar surface area (TPSA) is 64.9 Å². The number of hydrogen-bond donors (Lipinski definition) is 1. The summed E-state index contributed by atoms with van der Waals surface area (Å²) in [4.78, 5) is 4.04. The van der Waals surface area contributed by atoms with Gasteiger partial charge in [0.25, 0.3) is 0 Å². The molecule has 1 unspecified atom stereocenters. The molecule has 1 N–H and O–H groups in total. The van der Waals surface area contributed by atoms with E-state index in [9.17, 15) is 0 Å². The second kappa shape index (κ2) is 8.10. The van der Waals surface area contributed by atoms with Gasteiger partial charge in [0, 0.05) is 37.5 Å². The lowest BCUT2D eigenvalue weighted by Gasteiger charge is -2.23. The lowest BCUT2D eigenvalue weighted by atomic mass is 9.99. The van der Waals surface area contributed by atoms with E-state index >= 15 is 0 Å². The third-order valence-electron chi connectivity index (χ3n) is 4.79. The van der Waals surface area contributed by atoms with E-state index in [4.69, 9.17) is 4.74 Å².